The molecule has 0 saturated carbocycles. The molecule has 11 heteroatoms. The highest BCUT2D eigenvalue weighted by atomic mass is 79.9. The van der Waals surface area contributed by atoms with Crippen LogP contribution in [-0.4, -0.2) is 40.8 Å². The second-order valence-corrected chi connectivity index (χ2v) is 13.4. The third-order valence-corrected chi connectivity index (χ3v) is 10.3. The van der Waals surface area contributed by atoms with Crippen molar-refractivity contribution in [2.45, 2.75) is 25.4 Å². The lowest BCUT2D eigenvalue weighted by Crippen LogP contribution is -2.39. The Morgan fingerprint density at radius 3 is 1.98 bits per heavy atom. The van der Waals surface area contributed by atoms with E-state index in [0.29, 0.717) is 29.4 Å². The molecule has 0 bridgehead atoms. The van der Waals surface area contributed by atoms with Crippen molar-refractivity contribution in [2.75, 3.05) is 0 Å². The molecule has 0 atom stereocenters. The van der Waals surface area contributed by atoms with Gasteiger partial charge in [0.05, 0.1) is 4.47 Å². The Morgan fingerprint density at radius 1 is 0.827 bits per heavy atom. The first-order valence-corrected chi connectivity index (χ1v) is 17.8. The lowest BCUT2D eigenvalue weighted by molar-refractivity contribution is 0.0685. The topological polar surface area (TPSA) is 112 Å². The van der Waals surface area contributed by atoms with Crippen LogP contribution in [0, 0.1) is 0 Å². The van der Waals surface area contributed by atoms with Gasteiger partial charge in [0, 0.05) is 29.5 Å². The summed E-state index contributed by atoms with van der Waals surface area (Å²) in [6.07, 6.45) is 0.535. The molecule has 0 amide bonds. The fourth-order valence-corrected chi connectivity index (χ4v) is 7.79. The van der Waals surface area contributed by atoms with Gasteiger partial charge in [0.1, 0.15) is 17.2 Å². The maximum atomic E-state index is 12.0. The van der Waals surface area contributed by atoms with Gasteiger partial charge in [-0.15, -0.1) is 15.0 Å². The second kappa shape index (κ2) is 13.7. The monoisotopic (exact) mass is 768 g/mol. The predicted molar refractivity (Wildman–Crippen MR) is 203 cm³/mol. The summed E-state index contributed by atoms with van der Waals surface area (Å²) in [5, 5.41) is 25.2. The Kier molecular flexibility index (Phi) is 8.78. The van der Waals surface area contributed by atoms with Crippen molar-refractivity contribution in [1.29, 1.82) is 0 Å². The van der Waals surface area contributed by atoms with E-state index in [-0.39, 0.29) is 17.4 Å². The zero-order chi connectivity index (χ0) is 35.8. The van der Waals surface area contributed by atoms with Crippen LogP contribution in [0.5, 0.6) is 0 Å². The van der Waals surface area contributed by atoms with Gasteiger partial charge in [-0.1, -0.05) is 140 Å². The number of furan rings is 1. The molecule has 0 aliphatic carbocycles. The van der Waals surface area contributed by atoms with Gasteiger partial charge < -0.3 is 14.1 Å². The summed E-state index contributed by atoms with van der Waals surface area (Å²) < 4.78 is 8.87. The number of aryl methyl sites for hydroxylation is 1. The van der Waals surface area contributed by atoms with Crippen molar-refractivity contribution in [3.63, 3.8) is 0 Å². The van der Waals surface area contributed by atoms with Gasteiger partial charge in [0.25, 0.3) is 0 Å². The number of aromatic nitrogens is 6. The van der Waals surface area contributed by atoms with Crippen LogP contribution in [0.3, 0.4) is 0 Å². The molecule has 8 rings (SSSR count). The number of aromatic carboxylic acids is 1. The molecule has 1 N–H and O–H groups in total. The summed E-state index contributed by atoms with van der Waals surface area (Å²) in [5.74, 6) is 0.507. The summed E-state index contributed by atoms with van der Waals surface area (Å²) in [4.78, 5) is 18.0. The van der Waals surface area contributed by atoms with E-state index in [1.807, 2.05) is 104 Å². The third kappa shape index (κ3) is 5.60. The van der Waals surface area contributed by atoms with E-state index < -0.39 is 11.5 Å². The summed E-state index contributed by atoms with van der Waals surface area (Å²) in [5.41, 5.74) is 5.05. The van der Waals surface area contributed by atoms with Crippen LogP contribution in [0.4, 0.5) is 0 Å². The number of hydrogen-bond donors (Lipinski definition) is 1. The zero-order valence-corrected chi connectivity index (χ0v) is 30.2. The molecular weight excluding hydrogens is 740 g/mol. The van der Waals surface area contributed by atoms with E-state index in [2.05, 4.69) is 62.4 Å². The van der Waals surface area contributed by atoms with Gasteiger partial charge >= 0.3 is 5.97 Å². The molecule has 52 heavy (non-hydrogen) atoms. The molecule has 3 heterocycles. The van der Waals surface area contributed by atoms with Crippen LogP contribution in [-0.2, 0) is 18.5 Å². The fraction of sp³-hybridized carbons (Fsp3) is 0.0976. The van der Waals surface area contributed by atoms with Gasteiger partial charge in [0.15, 0.2) is 16.4 Å². The number of carboxylic acids is 1. The molecule has 0 aliphatic rings. The largest absolute Gasteiger partial charge is 0.476 e. The zero-order valence-electron chi connectivity index (χ0n) is 27.8. The number of fused-ring (bicyclic) bond motifs is 1. The quantitative estimate of drug-likeness (QED) is 0.138. The summed E-state index contributed by atoms with van der Waals surface area (Å²) in [6.45, 7) is 2.20. The Labute approximate surface area is 312 Å². The maximum absolute atomic E-state index is 12.0. The number of halogens is 2. The Morgan fingerprint density at radius 2 is 1.40 bits per heavy atom. The number of tetrazole rings is 1. The van der Waals surface area contributed by atoms with E-state index in [9.17, 15) is 9.90 Å². The highest BCUT2D eigenvalue weighted by Gasteiger charge is 2.41. The Bertz CT molecular complexity index is 2450. The van der Waals surface area contributed by atoms with Crippen LogP contribution in [0.1, 0.15) is 45.5 Å². The first-order valence-electron chi connectivity index (χ1n) is 16.7. The normalized spacial score (nSPS) is 11.7. The second-order valence-electron chi connectivity index (χ2n) is 12.2. The summed E-state index contributed by atoms with van der Waals surface area (Å²) in [7, 11) is 0. The summed E-state index contributed by atoms with van der Waals surface area (Å²) >= 11 is 10.0. The van der Waals surface area contributed by atoms with E-state index in [4.69, 9.17) is 26.3 Å². The third-order valence-electron chi connectivity index (χ3n) is 9.26. The number of nitrogens with zero attached hydrogens (tertiary/aromatic N) is 6. The Hall–Kier alpha value is -5.84. The molecule has 3 aromatic heterocycles. The lowest BCUT2D eigenvalue weighted by atomic mass is 9.77. The number of imidazole rings is 1. The minimum absolute atomic E-state index is 0.0205. The smallest absolute Gasteiger partial charge is 0.355 e. The molecule has 0 radical (unpaired) electrons. The summed E-state index contributed by atoms with van der Waals surface area (Å²) in [6, 6.07) is 44.2. The average molecular weight is 770 g/mol. The van der Waals surface area contributed by atoms with Crippen LogP contribution >= 0.6 is 27.5 Å². The first kappa shape index (κ1) is 33.3. The molecule has 0 fully saturated rings. The molecule has 9 nitrogen and oxygen atoms in total. The maximum Gasteiger partial charge on any atom is 0.355 e. The standard InChI is InChI=1S/C41H30BrClN6O3/c1-2-34-44-38(43)36(40(50)51)48(34)25-26-22-23-33-32(24-26)35(42)37(52-33)30-20-12-13-21-31(30)39-45-47-49(46-39)41(27-14-6-3-7-15-27,28-16-8-4-9-17-28)29-18-10-5-11-19-29/h3-24H,2,25H2,1H3,(H,50,51). The van der Waals surface area contributed by atoms with Crippen molar-refractivity contribution in [3.05, 3.63) is 177 Å². The molecule has 0 unspecified atom stereocenters. The van der Waals surface area contributed by atoms with Gasteiger partial charge in [-0.05, 0) is 55.5 Å². The number of benzene rings is 5. The lowest BCUT2D eigenvalue weighted by Gasteiger charge is -2.34. The molecule has 5 aromatic carbocycles. The van der Waals surface area contributed by atoms with E-state index >= 15 is 0 Å². The minimum Gasteiger partial charge on any atom is -0.476 e. The van der Waals surface area contributed by atoms with Crippen LogP contribution in [0.2, 0.25) is 5.15 Å². The minimum atomic E-state index is -1.12. The SMILES string of the molecule is CCc1nc(Cl)c(C(=O)O)n1Cc1ccc2oc(-c3ccccc3-c3nnn(C(c4ccccc4)(c4ccccc4)c4ccccc4)n3)c(Br)c2c1. The van der Waals surface area contributed by atoms with Crippen LogP contribution in [0.15, 0.2) is 142 Å². The fourth-order valence-electron chi connectivity index (χ4n) is 6.90. The average Bonchev–Trinajstić information content (AvgIpc) is 3.89. The number of carbonyl (C=O) groups is 1. The first-order chi connectivity index (χ1) is 25.4. The Balaban J connectivity index is 1.24. The van der Waals surface area contributed by atoms with Gasteiger partial charge in [-0.2, -0.15) is 0 Å². The van der Waals surface area contributed by atoms with Crippen molar-refractivity contribution < 1.29 is 14.3 Å². The molecule has 8 aromatic rings. The number of carboxylic acid groups (broad SMARTS) is 1. The molecule has 0 saturated heterocycles. The van der Waals surface area contributed by atoms with Crippen molar-refractivity contribution in [3.8, 4) is 22.7 Å². The number of rotatable bonds is 10. The molecule has 0 aliphatic heterocycles. The van der Waals surface area contributed by atoms with Crippen molar-refractivity contribution >= 4 is 44.5 Å². The predicted octanol–water partition coefficient (Wildman–Crippen LogP) is 9.51. The highest BCUT2D eigenvalue weighted by molar-refractivity contribution is 9.10. The van der Waals surface area contributed by atoms with Crippen LogP contribution < -0.4 is 0 Å². The molecule has 256 valence electrons. The molecular formula is C41H30BrClN6O3. The van der Waals surface area contributed by atoms with Gasteiger partial charge in [0.2, 0.25) is 5.82 Å². The van der Waals surface area contributed by atoms with Crippen LogP contribution in [0.25, 0.3) is 33.7 Å². The van der Waals surface area contributed by atoms with Gasteiger partial charge in [-0.25, -0.2) is 9.78 Å². The number of hydrogen-bond acceptors (Lipinski definition) is 6. The van der Waals surface area contributed by atoms with Crippen molar-refractivity contribution in [1.82, 2.24) is 29.8 Å². The van der Waals surface area contributed by atoms with Gasteiger partial charge in [-0.3, -0.25) is 0 Å². The van der Waals surface area contributed by atoms with E-state index in [1.165, 1.54) is 0 Å². The van der Waals surface area contributed by atoms with E-state index in [0.717, 1.165) is 43.2 Å². The van der Waals surface area contributed by atoms with Crippen molar-refractivity contribution in [2.24, 2.45) is 0 Å². The molecule has 0 spiro atoms. The van der Waals surface area contributed by atoms with E-state index in [1.54, 1.807) is 9.36 Å². The highest BCUT2D eigenvalue weighted by Crippen LogP contribution is 2.43.